The number of carbonyl (C=O) groups excluding carboxylic acids is 1. The lowest BCUT2D eigenvalue weighted by molar-refractivity contribution is 0.102. The number of nitrogens with one attached hydrogen (secondary N) is 2. The molecule has 2 rings (SSSR count). The molecular formula is C14H16N4O. The molecule has 2 aromatic heterocycles. The van der Waals surface area contributed by atoms with Gasteiger partial charge < -0.3 is 10.6 Å². The molecule has 0 radical (unpaired) electrons. The molecule has 0 bridgehead atoms. The molecule has 0 fully saturated rings. The van der Waals surface area contributed by atoms with Crippen molar-refractivity contribution in [2.24, 2.45) is 0 Å². The topological polar surface area (TPSA) is 66.9 Å². The smallest absolute Gasteiger partial charge is 0.259 e. The van der Waals surface area contributed by atoms with Crippen LogP contribution in [0.1, 0.15) is 22.8 Å². The molecule has 0 unspecified atom stereocenters. The second kappa shape index (κ2) is 5.95. The summed E-state index contributed by atoms with van der Waals surface area (Å²) in [7, 11) is 0. The molecule has 2 aromatic rings. The van der Waals surface area contributed by atoms with E-state index in [1.54, 1.807) is 24.7 Å². The van der Waals surface area contributed by atoms with Crippen LogP contribution >= 0.6 is 0 Å². The van der Waals surface area contributed by atoms with E-state index in [0.717, 1.165) is 17.8 Å². The van der Waals surface area contributed by atoms with E-state index in [0.29, 0.717) is 11.4 Å². The van der Waals surface area contributed by atoms with Gasteiger partial charge in [0.05, 0.1) is 17.4 Å². The van der Waals surface area contributed by atoms with Crippen LogP contribution in [0.4, 0.5) is 11.5 Å². The summed E-state index contributed by atoms with van der Waals surface area (Å²) >= 11 is 0. The zero-order valence-corrected chi connectivity index (χ0v) is 11.0. The van der Waals surface area contributed by atoms with Crippen molar-refractivity contribution < 1.29 is 4.79 Å². The van der Waals surface area contributed by atoms with Gasteiger partial charge in [0, 0.05) is 18.9 Å². The first-order valence-electron chi connectivity index (χ1n) is 6.12. The fourth-order valence-electron chi connectivity index (χ4n) is 1.71. The van der Waals surface area contributed by atoms with Gasteiger partial charge in [-0.15, -0.1) is 0 Å². The second-order valence-electron chi connectivity index (χ2n) is 4.12. The van der Waals surface area contributed by atoms with E-state index in [4.69, 9.17) is 0 Å². The van der Waals surface area contributed by atoms with E-state index in [9.17, 15) is 4.79 Å². The van der Waals surface area contributed by atoms with E-state index < -0.39 is 0 Å². The van der Waals surface area contributed by atoms with Gasteiger partial charge in [-0.25, -0.2) is 4.98 Å². The lowest BCUT2D eigenvalue weighted by Crippen LogP contribution is -2.15. The fraction of sp³-hybridized carbons (Fsp3) is 0.214. The van der Waals surface area contributed by atoms with Gasteiger partial charge >= 0.3 is 0 Å². The molecule has 2 N–H and O–H groups in total. The standard InChI is InChI=1S/C14H16N4O/c1-3-16-12-9-15-6-5-11(12)14(19)18-13-8-10(2)4-7-17-13/h4-9,16H,3H2,1-2H3,(H,17,18,19). The normalized spacial score (nSPS) is 10.0. The molecule has 5 nitrogen and oxygen atoms in total. The van der Waals surface area contributed by atoms with Gasteiger partial charge in [-0.1, -0.05) is 0 Å². The summed E-state index contributed by atoms with van der Waals surface area (Å²) < 4.78 is 0. The molecule has 0 aliphatic rings. The number of nitrogens with zero attached hydrogens (tertiary/aromatic N) is 2. The number of hydrogen-bond acceptors (Lipinski definition) is 4. The summed E-state index contributed by atoms with van der Waals surface area (Å²) in [6.45, 7) is 4.65. The first-order chi connectivity index (χ1) is 9.20. The molecule has 0 spiro atoms. The molecule has 1 amide bonds. The van der Waals surface area contributed by atoms with Crippen LogP contribution in [0.3, 0.4) is 0 Å². The zero-order chi connectivity index (χ0) is 13.7. The first kappa shape index (κ1) is 13.0. The maximum absolute atomic E-state index is 12.2. The highest BCUT2D eigenvalue weighted by atomic mass is 16.1. The maximum atomic E-state index is 12.2. The van der Waals surface area contributed by atoms with Crippen LogP contribution in [0.2, 0.25) is 0 Å². The van der Waals surface area contributed by atoms with Crippen LogP contribution < -0.4 is 10.6 Å². The van der Waals surface area contributed by atoms with Crippen LogP contribution in [-0.4, -0.2) is 22.4 Å². The lowest BCUT2D eigenvalue weighted by Gasteiger charge is -2.10. The SMILES string of the molecule is CCNc1cnccc1C(=O)Nc1cc(C)ccn1. The van der Waals surface area contributed by atoms with E-state index >= 15 is 0 Å². The third-order valence-electron chi connectivity index (χ3n) is 2.59. The quantitative estimate of drug-likeness (QED) is 0.881. The predicted molar refractivity (Wildman–Crippen MR) is 75.3 cm³/mol. The van der Waals surface area contributed by atoms with E-state index in [-0.39, 0.29) is 5.91 Å². The Labute approximate surface area is 112 Å². The molecule has 98 valence electrons. The van der Waals surface area contributed by atoms with Crippen molar-refractivity contribution in [3.05, 3.63) is 47.9 Å². The van der Waals surface area contributed by atoms with Gasteiger partial charge in [0.15, 0.2) is 0 Å². The summed E-state index contributed by atoms with van der Waals surface area (Å²) in [5, 5.41) is 5.89. The number of pyridine rings is 2. The maximum Gasteiger partial charge on any atom is 0.259 e. The first-order valence-corrected chi connectivity index (χ1v) is 6.12. The fourth-order valence-corrected chi connectivity index (χ4v) is 1.71. The highest BCUT2D eigenvalue weighted by Crippen LogP contribution is 2.15. The third kappa shape index (κ3) is 3.28. The zero-order valence-electron chi connectivity index (χ0n) is 11.0. The number of amides is 1. The van der Waals surface area contributed by atoms with Crippen molar-refractivity contribution in [3.8, 4) is 0 Å². The van der Waals surface area contributed by atoms with Crippen LogP contribution in [0.25, 0.3) is 0 Å². The van der Waals surface area contributed by atoms with Crippen molar-refractivity contribution in [1.82, 2.24) is 9.97 Å². The summed E-state index contributed by atoms with van der Waals surface area (Å²) in [6.07, 6.45) is 4.91. The average molecular weight is 256 g/mol. The molecule has 19 heavy (non-hydrogen) atoms. The summed E-state index contributed by atoms with van der Waals surface area (Å²) in [4.78, 5) is 20.3. The van der Waals surface area contributed by atoms with Gasteiger partial charge in [-0.2, -0.15) is 0 Å². The highest BCUT2D eigenvalue weighted by molar-refractivity contribution is 6.07. The number of aromatic nitrogens is 2. The van der Waals surface area contributed by atoms with E-state index in [1.807, 2.05) is 26.0 Å². The minimum atomic E-state index is -0.198. The molecule has 0 aliphatic heterocycles. The summed E-state index contributed by atoms with van der Waals surface area (Å²) in [5.74, 6) is 0.348. The molecule has 0 atom stereocenters. The van der Waals surface area contributed by atoms with E-state index in [2.05, 4.69) is 20.6 Å². The van der Waals surface area contributed by atoms with Gasteiger partial charge in [0.2, 0.25) is 0 Å². The largest absolute Gasteiger partial charge is 0.383 e. The minimum absolute atomic E-state index is 0.198. The van der Waals surface area contributed by atoms with Gasteiger partial charge in [0.1, 0.15) is 5.82 Å². The Morgan fingerprint density at radius 3 is 2.89 bits per heavy atom. The number of anilines is 2. The molecule has 0 saturated heterocycles. The van der Waals surface area contributed by atoms with Gasteiger partial charge in [-0.3, -0.25) is 9.78 Å². The van der Waals surface area contributed by atoms with Crippen LogP contribution in [0.5, 0.6) is 0 Å². The Hall–Kier alpha value is -2.43. The molecule has 0 aromatic carbocycles. The Morgan fingerprint density at radius 2 is 2.16 bits per heavy atom. The van der Waals surface area contributed by atoms with Crippen LogP contribution in [-0.2, 0) is 0 Å². The van der Waals surface area contributed by atoms with Crippen molar-refractivity contribution >= 4 is 17.4 Å². The Bertz CT molecular complexity index is 583. The summed E-state index contributed by atoms with van der Waals surface area (Å²) in [6, 6.07) is 5.39. The van der Waals surface area contributed by atoms with Crippen molar-refractivity contribution in [2.75, 3.05) is 17.2 Å². The second-order valence-corrected chi connectivity index (χ2v) is 4.12. The van der Waals surface area contributed by atoms with Crippen LogP contribution in [0, 0.1) is 6.92 Å². The Balaban J connectivity index is 2.20. The number of rotatable bonds is 4. The minimum Gasteiger partial charge on any atom is -0.383 e. The summed E-state index contributed by atoms with van der Waals surface area (Å²) in [5.41, 5.74) is 2.32. The monoisotopic (exact) mass is 256 g/mol. The van der Waals surface area contributed by atoms with Crippen LogP contribution in [0.15, 0.2) is 36.8 Å². The van der Waals surface area contributed by atoms with Crippen molar-refractivity contribution in [3.63, 3.8) is 0 Å². The molecule has 0 aliphatic carbocycles. The number of hydrogen-bond donors (Lipinski definition) is 2. The lowest BCUT2D eigenvalue weighted by atomic mass is 10.2. The van der Waals surface area contributed by atoms with Gasteiger partial charge in [-0.05, 0) is 37.6 Å². The third-order valence-corrected chi connectivity index (χ3v) is 2.59. The van der Waals surface area contributed by atoms with Gasteiger partial charge in [0.25, 0.3) is 5.91 Å². The highest BCUT2D eigenvalue weighted by Gasteiger charge is 2.11. The predicted octanol–water partition coefficient (Wildman–Crippen LogP) is 2.47. The Morgan fingerprint density at radius 1 is 1.32 bits per heavy atom. The molecule has 2 heterocycles. The van der Waals surface area contributed by atoms with Crippen molar-refractivity contribution in [1.29, 1.82) is 0 Å². The Kier molecular flexibility index (Phi) is 4.07. The molecule has 5 heteroatoms. The van der Waals surface area contributed by atoms with E-state index in [1.165, 1.54) is 0 Å². The average Bonchev–Trinajstić information content (AvgIpc) is 2.39. The number of carbonyl (C=O) groups is 1. The molecule has 0 saturated carbocycles. The van der Waals surface area contributed by atoms with Crippen molar-refractivity contribution in [2.45, 2.75) is 13.8 Å². The molecular weight excluding hydrogens is 240 g/mol. The number of aryl methyl sites for hydroxylation is 1.